The van der Waals surface area contributed by atoms with Crippen LogP contribution < -0.4 is 20.5 Å². The first kappa shape index (κ1) is 17.6. The number of nitrogens with two attached hydrogens (primary N) is 1. The molecule has 3 N–H and O–H groups in total. The van der Waals surface area contributed by atoms with Gasteiger partial charge in [0, 0.05) is 30.2 Å². The van der Waals surface area contributed by atoms with Crippen LogP contribution >= 0.6 is 11.6 Å². The van der Waals surface area contributed by atoms with Crippen LogP contribution in [0.5, 0.6) is 11.5 Å². The number of nitrogens with zero attached hydrogens (tertiary/aromatic N) is 4. The van der Waals surface area contributed by atoms with E-state index in [1.165, 1.54) is 12.1 Å². The zero-order chi connectivity index (χ0) is 20.1. The highest BCUT2D eigenvalue weighted by atomic mass is 35.5. The molecule has 0 unspecified atom stereocenters. The second-order valence-corrected chi connectivity index (χ2v) is 7.03. The van der Waals surface area contributed by atoms with Crippen LogP contribution in [0.15, 0.2) is 35.3 Å². The van der Waals surface area contributed by atoms with Crippen molar-refractivity contribution in [2.75, 3.05) is 18.5 Å². The second-order valence-electron chi connectivity index (χ2n) is 6.62. The lowest BCUT2D eigenvalue weighted by Crippen LogP contribution is -2.31. The summed E-state index contributed by atoms with van der Waals surface area (Å²) < 4.78 is 13.3. The Morgan fingerprint density at radius 2 is 2.00 bits per heavy atom. The molecular weight excluding hydrogens is 400 g/mol. The first-order valence-electron chi connectivity index (χ1n) is 8.87. The fourth-order valence-electron chi connectivity index (χ4n) is 3.48. The van der Waals surface area contributed by atoms with Gasteiger partial charge in [-0.25, -0.2) is 9.98 Å². The summed E-state index contributed by atoms with van der Waals surface area (Å²) in [5, 5.41) is 14.3. The minimum Gasteiger partial charge on any atom is -0.489 e. The van der Waals surface area contributed by atoms with Gasteiger partial charge >= 0.3 is 0 Å². The SMILES string of the molecule is NC1=N[C@H](c2ccc(Cl)c([N+](=O)[O-])c2)n2c(nc3cc4c(cc32)OCCCO4)N1. The number of anilines is 1. The highest BCUT2D eigenvalue weighted by molar-refractivity contribution is 6.32. The number of rotatable bonds is 2. The van der Waals surface area contributed by atoms with Crippen LogP contribution in [-0.4, -0.2) is 33.6 Å². The summed E-state index contributed by atoms with van der Waals surface area (Å²) in [7, 11) is 0. The van der Waals surface area contributed by atoms with Gasteiger partial charge in [-0.2, -0.15) is 0 Å². The van der Waals surface area contributed by atoms with Gasteiger partial charge in [0.2, 0.25) is 5.95 Å². The molecule has 0 saturated heterocycles. The number of nitro groups is 1. The summed E-state index contributed by atoms with van der Waals surface area (Å²) in [6.07, 6.45) is 0.133. The quantitative estimate of drug-likeness (QED) is 0.486. The summed E-state index contributed by atoms with van der Waals surface area (Å²) in [5.41, 5.74) is 7.69. The lowest BCUT2D eigenvalue weighted by atomic mass is 10.1. The maximum Gasteiger partial charge on any atom is 0.288 e. The van der Waals surface area contributed by atoms with Crippen LogP contribution in [0.2, 0.25) is 5.02 Å². The fourth-order valence-corrected chi connectivity index (χ4v) is 3.66. The van der Waals surface area contributed by atoms with E-state index in [-0.39, 0.29) is 16.7 Å². The molecule has 0 aliphatic carbocycles. The van der Waals surface area contributed by atoms with Gasteiger partial charge in [-0.1, -0.05) is 17.7 Å². The van der Waals surface area contributed by atoms with E-state index in [4.69, 9.17) is 26.8 Å². The van der Waals surface area contributed by atoms with E-state index in [0.29, 0.717) is 41.7 Å². The molecular formula is C18H15ClN6O4. The van der Waals surface area contributed by atoms with Crippen molar-refractivity contribution in [1.82, 2.24) is 9.55 Å². The molecule has 2 aromatic carbocycles. The Hall–Kier alpha value is -3.53. The van der Waals surface area contributed by atoms with Gasteiger partial charge in [-0.15, -0.1) is 0 Å². The van der Waals surface area contributed by atoms with E-state index >= 15 is 0 Å². The molecule has 3 aromatic rings. The van der Waals surface area contributed by atoms with Gasteiger partial charge < -0.3 is 15.2 Å². The van der Waals surface area contributed by atoms with E-state index in [9.17, 15) is 10.1 Å². The molecule has 0 fully saturated rings. The second kappa shape index (κ2) is 6.52. The lowest BCUT2D eigenvalue weighted by Gasteiger charge is -2.24. The van der Waals surface area contributed by atoms with Gasteiger partial charge in [0.15, 0.2) is 23.6 Å². The number of benzene rings is 2. The molecule has 10 nitrogen and oxygen atoms in total. The monoisotopic (exact) mass is 414 g/mol. The Balaban J connectivity index is 1.70. The maximum atomic E-state index is 11.3. The standard InChI is InChI=1S/C18H15ClN6O4/c19-10-3-2-9(6-12(10)25(26)27)16-22-17(20)23-18-21-11-7-14-15(8-13(11)24(16)18)29-5-1-4-28-14/h2-3,6-8,16H,1,4-5H2,(H3,20,21,22,23)/t16-/m0/s1. The Morgan fingerprint density at radius 1 is 1.24 bits per heavy atom. The molecule has 0 bridgehead atoms. The number of ether oxygens (including phenoxy) is 2. The number of aromatic nitrogens is 2. The highest BCUT2D eigenvalue weighted by Crippen LogP contribution is 2.40. The maximum absolute atomic E-state index is 11.3. The van der Waals surface area contributed by atoms with Crippen molar-refractivity contribution in [3.05, 3.63) is 51.0 Å². The van der Waals surface area contributed by atoms with Crippen molar-refractivity contribution in [2.45, 2.75) is 12.6 Å². The summed E-state index contributed by atoms with van der Waals surface area (Å²) >= 11 is 5.96. The first-order chi connectivity index (χ1) is 14.0. The third kappa shape index (κ3) is 2.88. The van der Waals surface area contributed by atoms with Gasteiger partial charge in [0.25, 0.3) is 5.69 Å². The number of nitrogens with one attached hydrogen (secondary N) is 1. The highest BCUT2D eigenvalue weighted by Gasteiger charge is 2.28. The van der Waals surface area contributed by atoms with Gasteiger partial charge in [-0.05, 0) is 6.07 Å². The number of nitro benzene ring substituents is 1. The van der Waals surface area contributed by atoms with Gasteiger partial charge in [0.1, 0.15) is 5.02 Å². The van der Waals surface area contributed by atoms with Crippen molar-refractivity contribution in [3.8, 4) is 11.5 Å². The molecule has 3 heterocycles. The van der Waals surface area contributed by atoms with Crippen molar-refractivity contribution in [3.63, 3.8) is 0 Å². The van der Waals surface area contributed by atoms with E-state index in [0.717, 1.165) is 11.9 Å². The average Bonchev–Trinajstić information content (AvgIpc) is 2.87. The molecule has 5 rings (SSSR count). The Bertz CT molecular complexity index is 1190. The molecule has 11 heteroatoms. The van der Waals surface area contributed by atoms with E-state index in [1.54, 1.807) is 12.1 Å². The normalized spacial score (nSPS) is 17.8. The molecule has 1 atom stereocenters. The van der Waals surface area contributed by atoms with Crippen LogP contribution in [-0.2, 0) is 0 Å². The van der Waals surface area contributed by atoms with Crippen molar-refractivity contribution >= 4 is 40.2 Å². The molecule has 29 heavy (non-hydrogen) atoms. The van der Waals surface area contributed by atoms with E-state index < -0.39 is 11.1 Å². The van der Waals surface area contributed by atoms with Crippen LogP contribution in [0.3, 0.4) is 0 Å². The van der Waals surface area contributed by atoms with Crippen LogP contribution in [0, 0.1) is 10.1 Å². The molecule has 0 saturated carbocycles. The average molecular weight is 415 g/mol. The number of hydrogen-bond donors (Lipinski definition) is 2. The summed E-state index contributed by atoms with van der Waals surface area (Å²) in [4.78, 5) is 19.8. The Labute approximate surface area is 169 Å². The first-order valence-corrected chi connectivity index (χ1v) is 9.25. The number of halogens is 1. The molecule has 2 aliphatic heterocycles. The Morgan fingerprint density at radius 3 is 2.76 bits per heavy atom. The molecule has 1 aromatic heterocycles. The third-order valence-corrected chi connectivity index (χ3v) is 5.09. The zero-order valence-corrected chi connectivity index (χ0v) is 15.7. The number of imidazole rings is 1. The van der Waals surface area contributed by atoms with Crippen LogP contribution in [0.4, 0.5) is 11.6 Å². The molecule has 2 aliphatic rings. The number of aliphatic imine (C=N–C) groups is 1. The van der Waals surface area contributed by atoms with Crippen molar-refractivity contribution in [2.24, 2.45) is 10.7 Å². The molecule has 0 amide bonds. The fraction of sp³-hybridized carbons (Fsp3) is 0.222. The predicted molar refractivity (Wildman–Crippen MR) is 107 cm³/mol. The Kier molecular flexibility index (Phi) is 3.95. The summed E-state index contributed by atoms with van der Waals surface area (Å²) in [6.45, 7) is 1.12. The van der Waals surface area contributed by atoms with Crippen molar-refractivity contribution < 1.29 is 14.4 Å². The number of guanidine groups is 1. The molecule has 0 spiro atoms. The van der Waals surface area contributed by atoms with E-state index in [2.05, 4.69) is 15.3 Å². The molecule has 0 radical (unpaired) electrons. The lowest BCUT2D eigenvalue weighted by molar-refractivity contribution is -0.384. The molecule has 148 valence electrons. The third-order valence-electron chi connectivity index (χ3n) is 4.77. The topological polar surface area (TPSA) is 130 Å². The largest absolute Gasteiger partial charge is 0.489 e. The predicted octanol–water partition coefficient (Wildman–Crippen LogP) is 3.05. The summed E-state index contributed by atoms with van der Waals surface area (Å²) in [6, 6.07) is 8.20. The zero-order valence-electron chi connectivity index (χ0n) is 15.0. The number of fused-ring (bicyclic) bond motifs is 4. The van der Waals surface area contributed by atoms with E-state index in [1.807, 2.05) is 10.6 Å². The van der Waals surface area contributed by atoms with Gasteiger partial charge in [0.05, 0.1) is 29.2 Å². The minimum absolute atomic E-state index is 0.0521. The smallest absolute Gasteiger partial charge is 0.288 e. The number of hydrogen-bond acceptors (Lipinski definition) is 8. The van der Waals surface area contributed by atoms with Crippen LogP contribution in [0.1, 0.15) is 18.2 Å². The van der Waals surface area contributed by atoms with Crippen molar-refractivity contribution in [1.29, 1.82) is 0 Å². The van der Waals surface area contributed by atoms with Gasteiger partial charge in [-0.3, -0.25) is 20.0 Å². The minimum atomic E-state index is -0.656. The summed E-state index contributed by atoms with van der Waals surface area (Å²) in [5.74, 6) is 1.86. The van der Waals surface area contributed by atoms with Crippen LogP contribution in [0.25, 0.3) is 11.0 Å².